The number of aliphatic hydroxyl groups is 2. The van der Waals surface area contributed by atoms with Gasteiger partial charge in [-0.05, 0) is 107 Å². The Morgan fingerprint density at radius 3 is 2.25 bits per heavy atom. The summed E-state index contributed by atoms with van der Waals surface area (Å²) in [5.41, 5.74) is 1.25. The maximum Gasteiger partial charge on any atom is 0.410 e. The Labute approximate surface area is 433 Å². The number of carbonyl (C=O) groups is 6. The van der Waals surface area contributed by atoms with Gasteiger partial charge in [-0.2, -0.15) is 0 Å². The Bertz CT molecular complexity index is 2010. The number of carbonyl (C=O) groups excluding carboxylic acids is 6. The van der Waals surface area contributed by atoms with Gasteiger partial charge in [0, 0.05) is 71.6 Å². The van der Waals surface area contributed by atoms with Gasteiger partial charge in [0.2, 0.25) is 5.79 Å². The molecule has 17 nitrogen and oxygen atoms in total. The maximum atomic E-state index is 14.6. The SMILES string of the molecule is CO[C@H]1C[C@@H]2CC[C@@H](C)[C@@](O)(O2)C(=O)C(=O)N2CCCC[C@H]2C(=O)O[C@H]([C@H](C)CC2CC[C@H](OC(=O)N3CCOCC3)[C@@H](OC)C2)CC(=O)[C@H](C)/C=C(\C)[C@@H](O)[C@@H](OC)C(=O)[C@H](C)C[C@H](C)\C=C/C=C/C=C/1C. The first-order valence-electron chi connectivity index (χ1n) is 26.7. The summed E-state index contributed by atoms with van der Waals surface area (Å²) in [6.45, 7) is 14.5. The number of amides is 2. The van der Waals surface area contributed by atoms with Gasteiger partial charge in [0.05, 0.1) is 31.5 Å². The number of esters is 1. The summed E-state index contributed by atoms with van der Waals surface area (Å²) in [7, 11) is 4.54. The van der Waals surface area contributed by atoms with Crippen molar-refractivity contribution < 1.29 is 72.1 Å². The topological polar surface area (TPSA) is 214 Å². The molecule has 1 saturated carbocycles. The fourth-order valence-corrected chi connectivity index (χ4v) is 11.2. The van der Waals surface area contributed by atoms with E-state index in [9.17, 15) is 39.0 Å². The van der Waals surface area contributed by atoms with E-state index in [0.29, 0.717) is 96.1 Å². The van der Waals surface area contributed by atoms with Gasteiger partial charge >= 0.3 is 12.1 Å². The van der Waals surface area contributed by atoms with Crippen molar-refractivity contribution in [2.24, 2.45) is 35.5 Å². The first-order valence-corrected chi connectivity index (χ1v) is 26.7. The number of hydrogen-bond donors (Lipinski definition) is 2. The van der Waals surface area contributed by atoms with Crippen LogP contribution in [-0.4, -0.2) is 164 Å². The lowest BCUT2D eigenvalue weighted by Gasteiger charge is -2.42. The summed E-state index contributed by atoms with van der Waals surface area (Å²) >= 11 is 0. The van der Waals surface area contributed by atoms with E-state index in [1.54, 1.807) is 46.0 Å². The van der Waals surface area contributed by atoms with Gasteiger partial charge < -0.3 is 53.2 Å². The average Bonchev–Trinajstić information content (AvgIpc) is 3.38. The fourth-order valence-electron chi connectivity index (χ4n) is 11.2. The number of morpholine rings is 1. The molecular formula is C56H86N2O15. The fraction of sp³-hybridized carbons (Fsp3) is 0.750. The van der Waals surface area contributed by atoms with Crippen LogP contribution in [0.3, 0.4) is 0 Å². The highest BCUT2D eigenvalue weighted by Gasteiger charge is 2.53. The third kappa shape index (κ3) is 16.0. The third-order valence-electron chi connectivity index (χ3n) is 16.0. The minimum atomic E-state index is -2.45. The molecular weight excluding hydrogens is 941 g/mol. The summed E-state index contributed by atoms with van der Waals surface area (Å²) in [4.78, 5) is 87.2. The second-order valence-electron chi connectivity index (χ2n) is 21.5. The predicted molar refractivity (Wildman–Crippen MR) is 272 cm³/mol. The Morgan fingerprint density at radius 1 is 0.836 bits per heavy atom. The van der Waals surface area contributed by atoms with E-state index in [-0.39, 0.29) is 48.9 Å². The monoisotopic (exact) mass is 1030 g/mol. The lowest BCUT2D eigenvalue weighted by molar-refractivity contribution is -0.265. The zero-order valence-corrected chi connectivity index (χ0v) is 45.2. The van der Waals surface area contributed by atoms with Crippen LogP contribution in [0.1, 0.15) is 126 Å². The minimum absolute atomic E-state index is 0.00596. The molecule has 17 heteroatoms. The molecule has 2 amide bonds. The molecule has 3 saturated heterocycles. The Kier molecular flexibility index (Phi) is 23.1. The highest BCUT2D eigenvalue weighted by atomic mass is 16.6. The quantitative estimate of drug-likeness (QED) is 0.155. The highest BCUT2D eigenvalue weighted by Crippen LogP contribution is 2.38. The molecule has 4 fully saturated rings. The van der Waals surface area contributed by atoms with Crippen molar-refractivity contribution in [2.75, 3.05) is 54.2 Å². The molecule has 5 aliphatic rings. The molecule has 4 aliphatic heterocycles. The van der Waals surface area contributed by atoms with Gasteiger partial charge in [-0.15, -0.1) is 0 Å². The number of nitrogens with zero attached hydrogens (tertiary/aromatic N) is 2. The van der Waals surface area contributed by atoms with Crippen LogP contribution >= 0.6 is 0 Å². The van der Waals surface area contributed by atoms with Gasteiger partial charge in [-0.25, -0.2) is 9.59 Å². The largest absolute Gasteiger partial charge is 0.460 e. The summed E-state index contributed by atoms with van der Waals surface area (Å²) < 4.78 is 41.2. The van der Waals surface area contributed by atoms with Crippen LogP contribution in [0.4, 0.5) is 4.79 Å². The van der Waals surface area contributed by atoms with E-state index in [0.717, 1.165) is 5.57 Å². The third-order valence-corrected chi connectivity index (χ3v) is 16.0. The summed E-state index contributed by atoms with van der Waals surface area (Å²) in [6.07, 6.45) is 10.5. The van der Waals surface area contributed by atoms with Crippen LogP contribution in [0.15, 0.2) is 47.6 Å². The van der Waals surface area contributed by atoms with Crippen molar-refractivity contribution in [3.8, 4) is 0 Å². The highest BCUT2D eigenvalue weighted by molar-refractivity contribution is 6.39. The number of ether oxygens (including phenoxy) is 7. The maximum absolute atomic E-state index is 14.6. The van der Waals surface area contributed by atoms with E-state index < -0.39 is 95.9 Å². The lowest BCUT2D eigenvalue weighted by atomic mass is 9.78. The van der Waals surface area contributed by atoms with E-state index in [2.05, 4.69) is 0 Å². The molecule has 410 valence electrons. The number of Topliss-reactive ketones (excluding diaryl/α,β-unsaturated/α-hetero) is 3. The summed E-state index contributed by atoms with van der Waals surface area (Å²) in [6, 6.07) is -1.17. The van der Waals surface area contributed by atoms with Crippen LogP contribution in [-0.2, 0) is 57.1 Å². The molecule has 2 N–H and O–H groups in total. The van der Waals surface area contributed by atoms with Gasteiger partial charge in [-0.1, -0.05) is 71.1 Å². The average molecular weight is 1030 g/mol. The molecule has 0 aromatic rings. The zero-order valence-electron chi connectivity index (χ0n) is 45.2. The molecule has 0 spiro atoms. The van der Waals surface area contributed by atoms with Crippen molar-refractivity contribution in [1.82, 2.24) is 9.80 Å². The Hall–Kier alpha value is -4.10. The standard InChI is InChI=1S/C56H86N2O15/c1-34-16-12-11-13-17-35(2)46(67-8)32-42-21-19-40(7)56(66,73-42)52(62)53(63)58-23-15-14-18-43(58)54(64)71-47(33-44(59)36(3)29-39(6)50(61)51(69-10)49(60)38(5)28-34)37(4)30-41-20-22-45(48(31-41)68-9)72-55(65)57-24-26-70-27-25-57/h11-13,16-17,29,34,36-38,40-43,45-48,50-51,61,66H,14-15,18-28,30-33H2,1-10H3/b13-11+,16-12-,35-17+,39-29+/t34-,36-,37-,38-,40-,41?,42+,43+,45+,46+,47+,48+,50-,51+,56-/m1/s1. The number of fused-ring (bicyclic) bond motifs is 3. The van der Waals surface area contributed by atoms with Crippen molar-refractivity contribution >= 4 is 35.3 Å². The van der Waals surface area contributed by atoms with Crippen molar-refractivity contribution in [3.63, 3.8) is 0 Å². The first-order chi connectivity index (χ1) is 34.7. The van der Waals surface area contributed by atoms with Gasteiger partial charge in [-0.3, -0.25) is 19.2 Å². The molecule has 1 unspecified atom stereocenters. The number of methoxy groups -OCH3 is 3. The lowest BCUT2D eigenvalue weighted by Crippen LogP contribution is -2.61. The second kappa shape index (κ2) is 28.2. The molecule has 15 atom stereocenters. The number of rotatable bonds is 7. The van der Waals surface area contributed by atoms with Gasteiger partial charge in [0.25, 0.3) is 11.7 Å². The number of cyclic esters (lactones) is 1. The minimum Gasteiger partial charge on any atom is -0.460 e. The molecule has 2 bridgehead atoms. The van der Waals surface area contributed by atoms with E-state index >= 15 is 0 Å². The molecule has 73 heavy (non-hydrogen) atoms. The second-order valence-corrected chi connectivity index (χ2v) is 21.5. The molecule has 0 aromatic heterocycles. The Balaban J connectivity index is 1.44. The molecule has 1 aliphatic carbocycles. The number of ketones is 3. The number of hydrogen-bond acceptors (Lipinski definition) is 15. The molecule has 4 heterocycles. The van der Waals surface area contributed by atoms with Crippen LogP contribution < -0.4 is 0 Å². The zero-order chi connectivity index (χ0) is 53.6. The van der Waals surface area contributed by atoms with E-state index in [1.165, 1.54) is 12.0 Å². The molecule has 0 aromatic carbocycles. The van der Waals surface area contributed by atoms with Crippen molar-refractivity contribution in [3.05, 3.63) is 47.6 Å². The van der Waals surface area contributed by atoms with E-state index in [4.69, 9.17) is 33.2 Å². The van der Waals surface area contributed by atoms with E-state index in [1.807, 2.05) is 58.1 Å². The number of aliphatic hydroxyl groups excluding tert-OH is 1. The summed E-state index contributed by atoms with van der Waals surface area (Å²) in [5, 5.41) is 23.5. The normalized spacial score (nSPS) is 38.5. The number of piperidine rings is 1. The van der Waals surface area contributed by atoms with Gasteiger partial charge in [0.1, 0.15) is 36.2 Å². The Morgan fingerprint density at radius 2 is 1.56 bits per heavy atom. The van der Waals surface area contributed by atoms with Crippen LogP contribution in [0.25, 0.3) is 0 Å². The number of allylic oxidation sites excluding steroid dienone is 6. The summed E-state index contributed by atoms with van der Waals surface area (Å²) in [5.74, 6) is -8.26. The van der Waals surface area contributed by atoms with Gasteiger partial charge in [0.15, 0.2) is 5.78 Å². The smallest absolute Gasteiger partial charge is 0.410 e. The molecule has 0 radical (unpaired) electrons. The molecule has 5 rings (SSSR count). The van der Waals surface area contributed by atoms with Crippen molar-refractivity contribution in [2.45, 2.75) is 180 Å². The van der Waals surface area contributed by atoms with Crippen LogP contribution in [0, 0.1) is 35.5 Å². The predicted octanol–water partition coefficient (Wildman–Crippen LogP) is 6.66. The van der Waals surface area contributed by atoms with Crippen molar-refractivity contribution in [1.29, 1.82) is 0 Å². The van der Waals surface area contributed by atoms with Crippen LogP contribution in [0.5, 0.6) is 0 Å². The van der Waals surface area contributed by atoms with Crippen LogP contribution in [0.2, 0.25) is 0 Å². The first kappa shape index (κ1) is 59.8.